The Morgan fingerprint density at radius 3 is 2.50 bits per heavy atom. The number of hydrogen-bond donors (Lipinski definition) is 3. The molecule has 0 aliphatic rings. The van der Waals surface area contributed by atoms with Crippen LogP contribution >= 0.6 is 12.2 Å². The van der Waals surface area contributed by atoms with Crippen LogP contribution in [0.15, 0.2) is 48.5 Å². The van der Waals surface area contributed by atoms with E-state index in [1.807, 2.05) is 0 Å². The number of benzene rings is 2. The molecule has 4 nitrogen and oxygen atoms in total. The third-order valence-electron chi connectivity index (χ3n) is 2.73. The molecule has 0 fully saturated rings. The molecule has 1 amide bonds. The lowest BCUT2D eigenvalue weighted by Crippen LogP contribution is -2.14. The molecule has 0 atom stereocenters. The molecule has 102 valence electrons. The summed E-state index contributed by atoms with van der Waals surface area (Å²) in [4.78, 5) is 12.2. The van der Waals surface area contributed by atoms with E-state index in [1.54, 1.807) is 48.5 Å². The molecule has 2 aromatic rings. The van der Waals surface area contributed by atoms with Crippen LogP contribution in [0.1, 0.15) is 11.1 Å². The second-order valence-electron chi connectivity index (χ2n) is 4.34. The SMILES string of the molecule is NC(=S)c1ccc(NC(=O)Cc2cccc(O)c2)cc1. The minimum Gasteiger partial charge on any atom is -0.508 e. The Balaban J connectivity index is 1.99. The fourth-order valence-corrected chi connectivity index (χ4v) is 1.91. The van der Waals surface area contributed by atoms with Crippen molar-refractivity contribution in [3.8, 4) is 5.75 Å². The van der Waals surface area contributed by atoms with E-state index in [2.05, 4.69) is 5.32 Å². The van der Waals surface area contributed by atoms with Crippen molar-refractivity contribution in [2.75, 3.05) is 5.32 Å². The van der Waals surface area contributed by atoms with Gasteiger partial charge in [0.05, 0.1) is 6.42 Å². The van der Waals surface area contributed by atoms with Gasteiger partial charge in [-0.1, -0.05) is 24.4 Å². The first-order chi connectivity index (χ1) is 9.54. The summed E-state index contributed by atoms with van der Waals surface area (Å²) in [6.45, 7) is 0. The summed E-state index contributed by atoms with van der Waals surface area (Å²) in [7, 11) is 0. The van der Waals surface area contributed by atoms with Gasteiger partial charge in [-0.15, -0.1) is 0 Å². The summed E-state index contributed by atoms with van der Waals surface area (Å²) < 4.78 is 0. The molecule has 0 spiro atoms. The quantitative estimate of drug-likeness (QED) is 0.753. The van der Waals surface area contributed by atoms with Crippen molar-refractivity contribution in [2.45, 2.75) is 6.42 Å². The van der Waals surface area contributed by atoms with Gasteiger partial charge in [-0.3, -0.25) is 4.79 Å². The van der Waals surface area contributed by atoms with Gasteiger partial charge >= 0.3 is 0 Å². The molecule has 20 heavy (non-hydrogen) atoms. The van der Waals surface area contributed by atoms with Crippen LogP contribution in [0.3, 0.4) is 0 Å². The van der Waals surface area contributed by atoms with Crippen LogP contribution in [-0.2, 0) is 11.2 Å². The summed E-state index contributed by atoms with van der Waals surface area (Å²) in [6.07, 6.45) is 0.200. The van der Waals surface area contributed by atoms with Gasteiger partial charge < -0.3 is 16.2 Å². The summed E-state index contributed by atoms with van der Waals surface area (Å²) in [5, 5.41) is 12.1. The fraction of sp³-hybridized carbons (Fsp3) is 0.0667. The molecule has 0 aromatic heterocycles. The first-order valence-electron chi connectivity index (χ1n) is 6.02. The van der Waals surface area contributed by atoms with Crippen LogP contribution in [0.5, 0.6) is 5.75 Å². The van der Waals surface area contributed by atoms with Gasteiger partial charge in [-0.2, -0.15) is 0 Å². The molecular weight excluding hydrogens is 272 g/mol. The highest BCUT2D eigenvalue weighted by molar-refractivity contribution is 7.80. The van der Waals surface area contributed by atoms with Gasteiger partial charge in [0.25, 0.3) is 0 Å². The Labute approximate surface area is 122 Å². The Hall–Kier alpha value is -2.40. The summed E-state index contributed by atoms with van der Waals surface area (Å²) in [5.74, 6) is -0.00483. The first kappa shape index (κ1) is 14.0. The molecule has 0 aliphatic carbocycles. The number of phenols is 1. The second kappa shape index (κ2) is 6.16. The molecule has 0 aliphatic heterocycles. The molecule has 2 rings (SSSR count). The maximum atomic E-state index is 11.9. The molecule has 2 aromatic carbocycles. The lowest BCUT2D eigenvalue weighted by Gasteiger charge is -2.06. The molecular formula is C15H14N2O2S. The highest BCUT2D eigenvalue weighted by Gasteiger charge is 2.05. The van der Waals surface area contributed by atoms with E-state index in [0.29, 0.717) is 10.7 Å². The van der Waals surface area contributed by atoms with Gasteiger partial charge in [-0.05, 0) is 42.0 Å². The number of aromatic hydroxyl groups is 1. The van der Waals surface area contributed by atoms with E-state index >= 15 is 0 Å². The van der Waals surface area contributed by atoms with E-state index < -0.39 is 0 Å². The monoisotopic (exact) mass is 286 g/mol. The Bertz CT molecular complexity index is 639. The number of hydrogen-bond acceptors (Lipinski definition) is 3. The van der Waals surface area contributed by atoms with E-state index in [0.717, 1.165) is 11.1 Å². The Morgan fingerprint density at radius 2 is 1.90 bits per heavy atom. The smallest absolute Gasteiger partial charge is 0.228 e. The Kier molecular flexibility index (Phi) is 4.32. The van der Waals surface area contributed by atoms with Crippen LogP contribution in [0.25, 0.3) is 0 Å². The van der Waals surface area contributed by atoms with Gasteiger partial charge in [0.15, 0.2) is 0 Å². The highest BCUT2D eigenvalue weighted by Crippen LogP contribution is 2.13. The number of carbonyl (C=O) groups excluding carboxylic acids is 1. The number of carbonyl (C=O) groups is 1. The van der Waals surface area contributed by atoms with E-state index in [9.17, 15) is 9.90 Å². The van der Waals surface area contributed by atoms with E-state index in [4.69, 9.17) is 18.0 Å². The van der Waals surface area contributed by atoms with Crippen LogP contribution in [0, 0.1) is 0 Å². The zero-order valence-corrected chi connectivity index (χ0v) is 11.5. The summed E-state index contributed by atoms with van der Waals surface area (Å²) >= 11 is 4.86. The molecule has 0 heterocycles. The van der Waals surface area contributed by atoms with E-state index in [1.165, 1.54) is 0 Å². The molecule has 4 N–H and O–H groups in total. The maximum Gasteiger partial charge on any atom is 0.228 e. The zero-order chi connectivity index (χ0) is 14.5. The summed E-state index contributed by atoms with van der Waals surface area (Å²) in [6, 6.07) is 13.6. The van der Waals surface area contributed by atoms with Crippen molar-refractivity contribution >= 4 is 28.8 Å². The third kappa shape index (κ3) is 3.80. The number of thiocarbonyl (C=S) groups is 1. The molecule has 0 saturated heterocycles. The normalized spacial score (nSPS) is 10.0. The van der Waals surface area contributed by atoms with Gasteiger partial charge in [0.2, 0.25) is 5.91 Å². The summed E-state index contributed by atoms with van der Waals surface area (Å²) in [5.41, 5.74) is 7.69. The van der Waals surface area contributed by atoms with Crippen molar-refractivity contribution in [1.29, 1.82) is 0 Å². The largest absolute Gasteiger partial charge is 0.508 e. The molecule has 0 radical (unpaired) electrons. The maximum absolute atomic E-state index is 11.9. The van der Waals surface area contributed by atoms with Crippen LogP contribution in [0.2, 0.25) is 0 Å². The predicted molar refractivity (Wildman–Crippen MR) is 82.8 cm³/mol. The number of nitrogens with two attached hydrogens (primary N) is 1. The average molecular weight is 286 g/mol. The predicted octanol–water partition coefficient (Wildman–Crippen LogP) is 2.21. The molecule has 5 heteroatoms. The topological polar surface area (TPSA) is 75.3 Å². The minimum absolute atomic E-state index is 0.149. The van der Waals surface area contributed by atoms with E-state index in [-0.39, 0.29) is 18.1 Å². The molecule has 0 saturated carbocycles. The van der Waals surface area contributed by atoms with Gasteiger partial charge in [0.1, 0.15) is 10.7 Å². The minimum atomic E-state index is -0.154. The van der Waals surface area contributed by atoms with Crippen molar-refractivity contribution < 1.29 is 9.90 Å². The lowest BCUT2D eigenvalue weighted by molar-refractivity contribution is -0.115. The lowest BCUT2D eigenvalue weighted by atomic mass is 10.1. The van der Waals surface area contributed by atoms with Crippen molar-refractivity contribution in [1.82, 2.24) is 0 Å². The van der Waals surface area contributed by atoms with Crippen LogP contribution < -0.4 is 11.1 Å². The number of rotatable bonds is 4. The highest BCUT2D eigenvalue weighted by atomic mass is 32.1. The van der Waals surface area contributed by atoms with Gasteiger partial charge in [0, 0.05) is 11.3 Å². The number of nitrogens with one attached hydrogen (secondary N) is 1. The number of anilines is 1. The van der Waals surface area contributed by atoms with Crippen LogP contribution in [0.4, 0.5) is 5.69 Å². The first-order valence-corrected chi connectivity index (χ1v) is 6.43. The zero-order valence-electron chi connectivity index (χ0n) is 10.7. The van der Waals surface area contributed by atoms with Crippen molar-refractivity contribution in [3.63, 3.8) is 0 Å². The average Bonchev–Trinajstić information content (AvgIpc) is 2.39. The standard InChI is InChI=1S/C15H14N2O2S/c16-15(20)11-4-6-12(7-5-11)17-14(19)9-10-2-1-3-13(18)8-10/h1-8,18H,9H2,(H2,16,20)(H,17,19). The fourth-order valence-electron chi connectivity index (χ4n) is 1.77. The van der Waals surface area contributed by atoms with Crippen molar-refractivity contribution in [3.05, 3.63) is 59.7 Å². The number of amides is 1. The second-order valence-corrected chi connectivity index (χ2v) is 4.78. The van der Waals surface area contributed by atoms with Crippen molar-refractivity contribution in [2.24, 2.45) is 5.73 Å². The van der Waals surface area contributed by atoms with Crippen LogP contribution in [-0.4, -0.2) is 16.0 Å². The molecule has 0 unspecified atom stereocenters. The van der Waals surface area contributed by atoms with Gasteiger partial charge in [-0.25, -0.2) is 0 Å². The number of phenolic OH excluding ortho intramolecular Hbond substituents is 1. The third-order valence-corrected chi connectivity index (χ3v) is 2.96. The Morgan fingerprint density at radius 1 is 1.20 bits per heavy atom. The molecule has 0 bridgehead atoms.